The molecule has 2 N–H and O–H groups in total. The fourth-order valence-electron chi connectivity index (χ4n) is 1.87. The predicted molar refractivity (Wildman–Crippen MR) is 85.1 cm³/mol. The zero-order chi connectivity index (χ0) is 17.7. The van der Waals surface area contributed by atoms with Crippen molar-refractivity contribution in [1.29, 1.82) is 0 Å². The second-order valence-corrected chi connectivity index (χ2v) is 5.30. The van der Waals surface area contributed by atoms with Crippen LogP contribution in [0.2, 0.25) is 0 Å². The molecule has 1 aromatic rings. The van der Waals surface area contributed by atoms with Crippen LogP contribution < -0.4 is 10.6 Å². The second-order valence-electron chi connectivity index (χ2n) is 5.30. The molecule has 1 fully saturated rings. The maximum absolute atomic E-state index is 11.8. The molecule has 1 aliphatic rings. The molecule has 8 heteroatoms. The number of cyclic esters (lactones) is 2. The van der Waals surface area contributed by atoms with Gasteiger partial charge in [-0.25, -0.2) is 14.4 Å². The molecule has 0 atom stereocenters. The van der Waals surface area contributed by atoms with E-state index < -0.39 is 23.8 Å². The number of amides is 1. The van der Waals surface area contributed by atoms with Crippen LogP contribution in [0.4, 0.5) is 16.2 Å². The van der Waals surface area contributed by atoms with E-state index in [1.165, 1.54) is 20.0 Å². The number of ether oxygens (including phenoxy) is 3. The predicted octanol–water partition coefficient (Wildman–Crippen LogP) is 2.39. The molecule has 0 radical (unpaired) electrons. The zero-order valence-electron chi connectivity index (χ0n) is 13.5. The van der Waals surface area contributed by atoms with Gasteiger partial charge in [0.15, 0.2) is 5.57 Å². The average Bonchev–Trinajstić information content (AvgIpc) is 2.47. The molecule has 1 heterocycles. The van der Waals surface area contributed by atoms with Gasteiger partial charge in [0.05, 0.1) is 6.61 Å². The van der Waals surface area contributed by atoms with Crippen molar-refractivity contribution in [2.75, 3.05) is 17.2 Å². The van der Waals surface area contributed by atoms with Gasteiger partial charge >= 0.3 is 18.0 Å². The molecule has 1 aromatic carbocycles. The van der Waals surface area contributed by atoms with E-state index in [1.807, 2.05) is 0 Å². The highest BCUT2D eigenvalue weighted by molar-refractivity contribution is 6.15. The van der Waals surface area contributed by atoms with E-state index in [9.17, 15) is 14.4 Å². The van der Waals surface area contributed by atoms with Crippen LogP contribution in [-0.2, 0) is 23.8 Å². The molecule has 128 valence electrons. The lowest BCUT2D eigenvalue weighted by molar-refractivity contribution is -0.222. The van der Waals surface area contributed by atoms with E-state index in [4.69, 9.17) is 14.2 Å². The molecule has 0 saturated carbocycles. The van der Waals surface area contributed by atoms with E-state index in [-0.39, 0.29) is 12.2 Å². The van der Waals surface area contributed by atoms with Crippen LogP contribution in [0.3, 0.4) is 0 Å². The Morgan fingerprint density at radius 3 is 2.21 bits per heavy atom. The number of esters is 2. The number of hydrogen-bond acceptors (Lipinski definition) is 7. The first-order valence-corrected chi connectivity index (χ1v) is 7.28. The number of hydrogen-bond donors (Lipinski definition) is 2. The monoisotopic (exact) mass is 334 g/mol. The molecular formula is C16H18N2O6. The highest BCUT2D eigenvalue weighted by atomic mass is 16.7. The summed E-state index contributed by atoms with van der Waals surface area (Å²) in [5.74, 6) is -2.79. The van der Waals surface area contributed by atoms with Crippen LogP contribution in [0.1, 0.15) is 20.8 Å². The van der Waals surface area contributed by atoms with Gasteiger partial charge in [0.2, 0.25) is 0 Å². The Hall–Kier alpha value is -3.03. The average molecular weight is 334 g/mol. The Labute approximate surface area is 138 Å². The topological polar surface area (TPSA) is 103 Å². The van der Waals surface area contributed by atoms with Crippen LogP contribution in [0, 0.1) is 0 Å². The Morgan fingerprint density at radius 2 is 1.67 bits per heavy atom. The molecule has 8 nitrogen and oxygen atoms in total. The third kappa shape index (κ3) is 4.48. The minimum atomic E-state index is -1.27. The number of benzene rings is 1. The summed E-state index contributed by atoms with van der Waals surface area (Å²) >= 11 is 0. The highest BCUT2D eigenvalue weighted by Crippen LogP contribution is 2.23. The van der Waals surface area contributed by atoms with Crippen molar-refractivity contribution >= 4 is 29.4 Å². The summed E-state index contributed by atoms with van der Waals surface area (Å²) in [6, 6.07) is 6.58. The van der Waals surface area contributed by atoms with Gasteiger partial charge in [-0.15, -0.1) is 0 Å². The molecule has 0 unspecified atom stereocenters. The third-order valence-electron chi connectivity index (χ3n) is 2.91. The van der Waals surface area contributed by atoms with Crippen molar-refractivity contribution in [3.05, 3.63) is 36.0 Å². The summed E-state index contributed by atoms with van der Waals surface area (Å²) in [6.07, 6.45) is 0.670. The van der Waals surface area contributed by atoms with Gasteiger partial charge in [-0.1, -0.05) is 0 Å². The number of carbonyl (C=O) groups excluding carboxylic acids is 3. The smallest absolute Gasteiger partial charge is 0.411 e. The summed E-state index contributed by atoms with van der Waals surface area (Å²) < 4.78 is 14.7. The van der Waals surface area contributed by atoms with Crippen molar-refractivity contribution in [3.63, 3.8) is 0 Å². The summed E-state index contributed by atoms with van der Waals surface area (Å²) in [5, 5.41) is 5.35. The van der Waals surface area contributed by atoms with E-state index in [0.717, 1.165) is 0 Å². The maximum Gasteiger partial charge on any atom is 0.411 e. The summed E-state index contributed by atoms with van der Waals surface area (Å²) in [4.78, 5) is 34.9. The van der Waals surface area contributed by atoms with Gasteiger partial charge in [0.25, 0.3) is 5.79 Å². The molecular weight excluding hydrogens is 316 g/mol. The number of carbonyl (C=O) groups is 3. The van der Waals surface area contributed by atoms with Crippen molar-refractivity contribution in [2.45, 2.75) is 26.6 Å². The Balaban J connectivity index is 2.00. The lowest BCUT2D eigenvalue weighted by Crippen LogP contribution is -2.42. The van der Waals surface area contributed by atoms with E-state index in [2.05, 4.69) is 10.6 Å². The molecule has 24 heavy (non-hydrogen) atoms. The van der Waals surface area contributed by atoms with E-state index in [1.54, 1.807) is 31.2 Å². The van der Waals surface area contributed by atoms with Gasteiger partial charge in [0, 0.05) is 31.4 Å². The van der Waals surface area contributed by atoms with E-state index >= 15 is 0 Å². The van der Waals surface area contributed by atoms with Gasteiger partial charge in [0.1, 0.15) is 0 Å². The molecule has 1 saturated heterocycles. The van der Waals surface area contributed by atoms with E-state index in [0.29, 0.717) is 11.4 Å². The Kier molecular flexibility index (Phi) is 5.08. The third-order valence-corrected chi connectivity index (χ3v) is 2.91. The molecule has 2 rings (SSSR count). The first-order valence-electron chi connectivity index (χ1n) is 7.28. The SMILES string of the molecule is CCOC(=O)Nc1ccc(NC=C2C(=O)OC(C)(C)OC2=O)cc1. The van der Waals surface area contributed by atoms with Crippen molar-refractivity contribution < 1.29 is 28.6 Å². The quantitative estimate of drug-likeness (QED) is 0.495. The van der Waals surface area contributed by atoms with Crippen LogP contribution >= 0.6 is 0 Å². The molecule has 0 aromatic heterocycles. The molecule has 0 spiro atoms. The standard InChI is InChI=1S/C16H18N2O6/c1-4-22-15(21)18-11-7-5-10(6-8-11)17-9-12-13(19)23-16(2,3)24-14(12)20/h5-9,17H,4H2,1-3H3,(H,18,21). The fourth-order valence-corrected chi connectivity index (χ4v) is 1.87. The highest BCUT2D eigenvalue weighted by Gasteiger charge is 2.38. The summed E-state index contributed by atoms with van der Waals surface area (Å²) in [7, 11) is 0. The van der Waals surface area contributed by atoms with Crippen LogP contribution in [0.15, 0.2) is 36.0 Å². The largest absolute Gasteiger partial charge is 0.450 e. The van der Waals surface area contributed by atoms with Crippen LogP contribution in [0.5, 0.6) is 0 Å². The van der Waals surface area contributed by atoms with Crippen molar-refractivity contribution in [2.24, 2.45) is 0 Å². The molecule has 1 amide bonds. The number of rotatable bonds is 4. The normalized spacial score (nSPS) is 15.9. The molecule has 1 aliphatic heterocycles. The lowest BCUT2D eigenvalue weighted by atomic mass is 10.2. The Bertz CT molecular complexity index is 656. The first kappa shape index (κ1) is 17.3. The second kappa shape index (κ2) is 7.03. The molecule has 0 aliphatic carbocycles. The van der Waals surface area contributed by atoms with Crippen LogP contribution in [0.25, 0.3) is 0 Å². The fraction of sp³-hybridized carbons (Fsp3) is 0.312. The summed E-state index contributed by atoms with van der Waals surface area (Å²) in [6.45, 7) is 4.94. The van der Waals surface area contributed by atoms with Gasteiger partial charge in [-0.05, 0) is 31.2 Å². The van der Waals surface area contributed by atoms with Crippen LogP contribution in [-0.4, -0.2) is 30.4 Å². The molecule has 0 bridgehead atoms. The van der Waals surface area contributed by atoms with Gasteiger partial charge in [-0.3, -0.25) is 5.32 Å². The van der Waals surface area contributed by atoms with Crippen molar-refractivity contribution in [3.8, 4) is 0 Å². The number of anilines is 2. The summed E-state index contributed by atoms with van der Waals surface area (Å²) in [5.41, 5.74) is 0.912. The minimum absolute atomic E-state index is 0.233. The lowest BCUT2D eigenvalue weighted by Gasteiger charge is -2.29. The van der Waals surface area contributed by atoms with Gasteiger partial charge in [-0.2, -0.15) is 0 Å². The zero-order valence-corrected chi connectivity index (χ0v) is 13.5. The maximum atomic E-state index is 11.8. The number of nitrogens with one attached hydrogen (secondary N) is 2. The first-order chi connectivity index (χ1) is 11.3. The van der Waals surface area contributed by atoms with Crippen molar-refractivity contribution in [1.82, 2.24) is 0 Å². The minimum Gasteiger partial charge on any atom is -0.450 e. The van der Waals surface area contributed by atoms with Gasteiger partial charge < -0.3 is 19.5 Å². The Morgan fingerprint density at radius 1 is 1.12 bits per heavy atom.